The lowest BCUT2D eigenvalue weighted by atomic mass is 10.1. The largest absolute Gasteiger partial charge is 0.508 e. The smallest absolute Gasteiger partial charge is 0.407 e. The Kier molecular flexibility index (Phi) is 8.30. The second-order valence-corrected chi connectivity index (χ2v) is 8.99. The molecule has 4 rings (SSSR count). The molecular weight excluding hydrogens is 506 g/mol. The molecule has 0 aromatic heterocycles. The second kappa shape index (κ2) is 12.0. The number of rotatable bonds is 6. The molecule has 3 aromatic carbocycles. The highest BCUT2D eigenvalue weighted by Gasteiger charge is 2.33. The summed E-state index contributed by atoms with van der Waals surface area (Å²) in [7, 11) is 0. The summed E-state index contributed by atoms with van der Waals surface area (Å²) in [5.41, 5.74) is 0.944. The molecule has 0 saturated carbocycles. The molecule has 39 heavy (non-hydrogen) atoms. The minimum Gasteiger partial charge on any atom is -0.508 e. The van der Waals surface area contributed by atoms with Crippen molar-refractivity contribution in [3.05, 3.63) is 89.5 Å². The zero-order chi connectivity index (χ0) is 27.9. The van der Waals surface area contributed by atoms with Crippen LogP contribution in [0.4, 0.5) is 10.5 Å². The first-order valence-corrected chi connectivity index (χ1v) is 12.2. The Bertz CT molecular complexity index is 1360. The Hall–Kier alpha value is -5.06. The van der Waals surface area contributed by atoms with Crippen molar-refractivity contribution in [1.82, 2.24) is 10.2 Å². The summed E-state index contributed by atoms with van der Waals surface area (Å²) in [6.45, 7) is 0.148. The van der Waals surface area contributed by atoms with Crippen LogP contribution in [0.25, 0.3) is 0 Å². The van der Waals surface area contributed by atoms with Gasteiger partial charge in [-0.1, -0.05) is 12.1 Å². The molecule has 1 fully saturated rings. The number of likely N-dealkylation sites (tertiary alicyclic amines) is 1. The first-order chi connectivity index (χ1) is 18.7. The van der Waals surface area contributed by atoms with Gasteiger partial charge >= 0.3 is 12.1 Å². The van der Waals surface area contributed by atoms with E-state index in [-0.39, 0.29) is 41.3 Å². The van der Waals surface area contributed by atoms with E-state index in [0.29, 0.717) is 18.5 Å². The average molecular weight is 534 g/mol. The predicted octanol–water partition coefficient (Wildman–Crippen LogP) is 3.45. The number of nitrogens with one attached hydrogen (secondary N) is 2. The first kappa shape index (κ1) is 27.0. The van der Waals surface area contributed by atoms with Crippen molar-refractivity contribution in [3.63, 3.8) is 0 Å². The number of phenols is 2. The lowest BCUT2D eigenvalue weighted by Gasteiger charge is -2.28. The number of amides is 3. The zero-order valence-electron chi connectivity index (χ0n) is 20.7. The SMILES string of the molecule is O=C(NC1CN(C(=O)O)CCCC1OC(=O)c1ccc(NC(=O)c2ccccc2O)cc1)c1ccc(O)cc1. The van der Waals surface area contributed by atoms with E-state index in [1.54, 1.807) is 12.1 Å². The summed E-state index contributed by atoms with van der Waals surface area (Å²) in [6.07, 6.45) is -1.20. The van der Waals surface area contributed by atoms with Crippen LogP contribution in [0.15, 0.2) is 72.8 Å². The molecule has 2 atom stereocenters. The zero-order valence-corrected chi connectivity index (χ0v) is 20.7. The normalized spacial score (nSPS) is 17.0. The molecule has 1 aliphatic heterocycles. The van der Waals surface area contributed by atoms with Gasteiger partial charge in [0.2, 0.25) is 0 Å². The minimum absolute atomic E-state index is 0.00586. The summed E-state index contributed by atoms with van der Waals surface area (Å²) in [4.78, 5) is 51.0. The Morgan fingerprint density at radius 1 is 0.846 bits per heavy atom. The Morgan fingerprint density at radius 3 is 2.18 bits per heavy atom. The van der Waals surface area contributed by atoms with Crippen molar-refractivity contribution in [1.29, 1.82) is 0 Å². The molecule has 2 unspecified atom stereocenters. The van der Waals surface area contributed by atoms with E-state index in [2.05, 4.69) is 10.6 Å². The van der Waals surface area contributed by atoms with Crippen LogP contribution in [0.1, 0.15) is 43.9 Å². The molecule has 11 nitrogen and oxygen atoms in total. The monoisotopic (exact) mass is 533 g/mol. The summed E-state index contributed by atoms with van der Waals surface area (Å²) < 4.78 is 5.73. The molecule has 1 aliphatic rings. The van der Waals surface area contributed by atoms with Crippen molar-refractivity contribution in [3.8, 4) is 11.5 Å². The van der Waals surface area contributed by atoms with Gasteiger partial charge in [-0.3, -0.25) is 9.59 Å². The maximum atomic E-state index is 13.0. The van der Waals surface area contributed by atoms with Crippen LogP contribution in [-0.2, 0) is 4.74 Å². The van der Waals surface area contributed by atoms with Gasteiger partial charge in [-0.15, -0.1) is 0 Å². The van der Waals surface area contributed by atoms with Gasteiger partial charge in [0.05, 0.1) is 17.2 Å². The van der Waals surface area contributed by atoms with Gasteiger partial charge in [0, 0.05) is 24.3 Å². The van der Waals surface area contributed by atoms with Crippen LogP contribution in [0.5, 0.6) is 11.5 Å². The maximum Gasteiger partial charge on any atom is 0.407 e. The third-order valence-corrected chi connectivity index (χ3v) is 6.28. The van der Waals surface area contributed by atoms with E-state index in [1.807, 2.05) is 0 Å². The third kappa shape index (κ3) is 6.83. The fraction of sp³-hybridized carbons (Fsp3) is 0.214. The number of anilines is 1. The molecule has 1 saturated heterocycles. The van der Waals surface area contributed by atoms with Crippen LogP contribution in [0.3, 0.4) is 0 Å². The highest BCUT2D eigenvalue weighted by atomic mass is 16.5. The summed E-state index contributed by atoms with van der Waals surface area (Å²) in [6, 6.07) is 16.8. The van der Waals surface area contributed by atoms with Crippen molar-refractivity contribution in [2.75, 3.05) is 18.4 Å². The van der Waals surface area contributed by atoms with E-state index in [9.17, 15) is 34.5 Å². The molecule has 1 heterocycles. The summed E-state index contributed by atoms with van der Waals surface area (Å²) in [5, 5.41) is 34.3. The van der Waals surface area contributed by atoms with Crippen LogP contribution < -0.4 is 10.6 Å². The van der Waals surface area contributed by atoms with Gasteiger partial charge in [-0.25, -0.2) is 9.59 Å². The van der Waals surface area contributed by atoms with Crippen LogP contribution in [-0.4, -0.2) is 69.3 Å². The van der Waals surface area contributed by atoms with Crippen LogP contribution in [0, 0.1) is 0 Å². The topological polar surface area (TPSA) is 165 Å². The van der Waals surface area contributed by atoms with E-state index >= 15 is 0 Å². The number of nitrogens with zero attached hydrogens (tertiary/aromatic N) is 1. The Labute approximate surface area is 223 Å². The van der Waals surface area contributed by atoms with Gasteiger partial charge in [0.1, 0.15) is 17.6 Å². The van der Waals surface area contributed by atoms with E-state index in [0.717, 1.165) is 4.90 Å². The van der Waals surface area contributed by atoms with Gasteiger partial charge < -0.3 is 35.6 Å². The standard InChI is InChI=1S/C28H27N3O8/c32-20-13-9-17(10-14-20)25(34)30-22-16-31(28(37)38)15-3-6-24(22)39-27(36)18-7-11-19(12-8-18)29-26(35)21-4-1-2-5-23(21)33/h1-2,4-5,7-14,22,24,32-33H,3,6,15-16H2,(H,29,35)(H,30,34)(H,37,38). The van der Waals surface area contributed by atoms with Gasteiger partial charge in [-0.05, 0) is 73.5 Å². The predicted molar refractivity (Wildman–Crippen MR) is 140 cm³/mol. The van der Waals surface area contributed by atoms with E-state index < -0.39 is 36.0 Å². The fourth-order valence-electron chi connectivity index (χ4n) is 4.21. The number of aromatic hydroxyl groups is 2. The highest BCUT2D eigenvalue weighted by molar-refractivity contribution is 6.06. The molecule has 5 N–H and O–H groups in total. The Morgan fingerprint density at radius 2 is 1.51 bits per heavy atom. The van der Waals surface area contributed by atoms with Crippen molar-refractivity contribution >= 4 is 29.6 Å². The number of carbonyl (C=O) groups is 4. The van der Waals surface area contributed by atoms with Gasteiger partial charge in [0.25, 0.3) is 11.8 Å². The molecule has 0 bridgehead atoms. The molecule has 11 heteroatoms. The second-order valence-electron chi connectivity index (χ2n) is 8.99. The van der Waals surface area contributed by atoms with E-state index in [4.69, 9.17) is 4.74 Å². The highest BCUT2D eigenvalue weighted by Crippen LogP contribution is 2.21. The lowest BCUT2D eigenvalue weighted by Crippen LogP contribution is -2.51. The lowest BCUT2D eigenvalue weighted by molar-refractivity contribution is 0.0179. The number of esters is 1. The molecule has 0 aliphatic carbocycles. The summed E-state index contributed by atoms with van der Waals surface area (Å²) in [5.74, 6) is -1.86. The van der Waals surface area contributed by atoms with Crippen LogP contribution in [0.2, 0.25) is 0 Å². The quantitative estimate of drug-likeness (QED) is 0.301. The van der Waals surface area contributed by atoms with Gasteiger partial charge in [0.15, 0.2) is 0 Å². The molecule has 3 amide bonds. The average Bonchev–Trinajstić information content (AvgIpc) is 3.11. The number of benzene rings is 3. The van der Waals surface area contributed by atoms with Gasteiger partial charge in [-0.2, -0.15) is 0 Å². The third-order valence-electron chi connectivity index (χ3n) is 6.28. The van der Waals surface area contributed by atoms with Crippen molar-refractivity contribution < 1.29 is 39.2 Å². The molecule has 202 valence electrons. The van der Waals surface area contributed by atoms with Crippen molar-refractivity contribution in [2.24, 2.45) is 0 Å². The molecule has 0 spiro atoms. The fourth-order valence-corrected chi connectivity index (χ4v) is 4.21. The number of carbonyl (C=O) groups excluding carboxylic acids is 3. The summed E-state index contributed by atoms with van der Waals surface area (Å²) >= 11 is 0. The number of phenolic OH excluding ortho intramolecular Hbond substituents is 2. The number of hydrogen-bond acceptors (Lipinski definition) is 7. The number of ether oxygens (including phenoxy) is 1. The maximum absolute atomic E-state index is 13.0. The van der Waals surface area contributed by atoms with Crippen LogP contribution >= 0.6 is 0 Å². The van der Waals surface area contributed by atoms with E-state index in [1.165, 1.54) is 60.7 Å². The minimum atomic E-state index is -1.15. The molecule has 0 radical (unpaired) electrons. The number of para-hydroxylation sites is 1. The number of hydrogen-bond donors (Lipinski definition) is 5. The molecular formula is C28H27N3O8. The number of carboxylic acid groups (broad SMARTS) is 1. The van der Waals surface area contributed by atoms with Crippen molar-refractivity contribution in [2.45, 2.75) is 25.0 Å². The first-order valence-electron chi connectivity index (χ1n) is 12.2. The molecule has 3 aromatic rings. The Balaban J connectivity index is 1.45.